The monoisotopic (exact) mass is 389 g/mol. The number of piperidine rings is 1. The Bertz CT molecular complexity index is 644. The van der Waals surface area contributed by atoms with Gasteiger partial charge in [-0.05, 0) is 69.3 Å². The van der Waals surface area contributed by atoms with Crippen LogP contribution in [0.1, 0.15) is 32.6 Å². The average molecular weight is 389 g/mol. The molecular weight excluding hydrogens is 358 g/mol. The first-order valence-electron chi connectivity index (χ1n) is 10.3. The Kier molecular flexibility index (Phi) is 7.54. The van der Waals surface area contributed by atoms with Gasteiger partial charge in [0.1, 0.15) is 11.5 Å². The van der Waals surface area contributed by atoms with Gasteiger partial charge in [-0.15, -0.1) is 0 Å². The lowest BCUT2D eigenvalue weighted by Crippen LogP contribution is -2.47. The Hall–Kier alpha value is -2.28. The van der Waals surface area contributed by atoms with Crippen LogP contribution < -0.4 is 20.1 Å². The Morgan fingerprint density at radius 1 is 1.14 bits per heavy atom. The molecule has 1 aromatic rings. The summed E-state index contributed by atoms with van der Waals surface area (Å²) in [6.45, 7) is 5.54. The summed E-state index contributed by atoms with van der Waals surface area (Å²) < 4.78 is 11.0. The third-order valence-electron chi connectivity index (χ3n) is 5.31. The first-order chi connectivity index (χ1) is 13.7. The molecule has 2 heterocycles. The third kappa shape index (κ3) is 5.86. The van der Waals surface area contributed by atoms with Crippen molar-refractivity contribution in [3.8, 4) is 11.5 Å². The molecule has 0 spiro atoms. The second kappa shape index (κ2) is 10.3. The van der Waals surface area contributed by atoms with Crippen LogP contribution in [0.3, 0.4) is 0 Å². The number of amides is 2. The van der Waals surface area contributed by atoms with Crippen molar-refractivity contribution in [2.24, 2.45) is 5.92 Å². The number of rotatable bonds is 8. The van der Waals surface area contributed by atoms with Gasteiger partial charge in [0.25, 0.3) is 5.91 Å². The number of nitrogens with zero attached hydrogens (tertiary/aromatic N) is 1. The van der Waals surface area contributed by atoms with Gasteiger partial charge in [0.2, 0.25) is 5.91 Å². The van der Waals surface area contributed by atoms with E-state index in [2.05, 4.69) is 10.6 Å². The minimum absolute atomic E-state index is 0.0117. The van der Waals surface area contributed by atoms with Crippen LogP contribution in [0.2, 0.25) is 0 Å². The number of hydrogen-bond acceptors (Lipinski definition) is 5. The standard InChI is InChI=1S/C21H31N3O4/c1-2-27-17-7-9-18(10-8-17)28-15-20(25)24-12-4-5-16(14-24)13-23-21(26)19-6-3-11-22-19/h7-10,16,19,22H,2-6,11-15H2,1H3,(H,23,26). The van der Waals surface area contributed by atoms with E-state index in [1.165, 1.54) is 0 Å². The van der Waals surface area contributed by atoms with Crippen LogP contribution in [0.5, 0.6) is 11.5 Å². The molecule has 0 radical (unpaired) electrons. The number of ether oxygens (including phenoxy) is 2. The van der Waals surface area contributed by atoms with Crippen LogP contribution in [0, 0.1) is 5.92 Å². The summed E-state index contributed by atoms with van der Waals surface area (Å²) in [5.41, 5.74) is 0. The first-order valence-corrected chi connectivity index (χ1v) is 10.3. The van der Waals surface area contributed by atoms with Crippen molar-refractivity contribution in [2.45, 2.75) is 38.6 Å². The van der Waals surface area contributed by atoms with E-state index in [0.717, 1.165) is 44.5 Å². The normalized spacial score (nSPS) is 22.0. The molecule has 1 aromatic carbocycles. The summed E-state index contributed by atoms with van der Waals surface area (Å²) in [5, 5.41) is 6.26. The maximum absolute atomic E-state index is 12.5. The summed E-state index contributed by atoms with van der Waals surface area (Å²) in [6, 6.07) is 7.24. The molecule has 2 saturated heterocycles. The van der Waals surface area contributed by atoms with E-state index in [4.69, 9.17) is 9.47 Å². The summed E-state index contributed by atoms with van der Waals surface area (Å²) in [4.78, 5) is 26.5. The van der Waals surface area contributed by atoms with Crippen LogP contribution in [0.25, 0.3) is 0 Å². The number of benzene rings is 1. The van der Waals surface area contributed by atoms with Crippen molar-refractivity contribution in [1.82, 2.24) is 15.5 Å². The molecule has 2 atom stereocenters. The number of carbonyl (C=O) groups excluding carboxylic acids is 2. The lowest BCUT2D eigenvalue weighted by molar-refractivity contribution is -0.135. The van der Waals surface area contributed by atoms with Crippen LogP contribution >= 0.6 is 0 Å². The predicted octanol–water partition coefficient (Wildman–Crippen LogP) is 1.57. The van der Waals surface area contributed by atoms with Crippen LogP contribution in [-0.4, -0.2) is 62.1 Å². The molecule has 154 valence electrons. The van der Waals surface area contributed by atoms with Crippen molar-refractivity contribution in [3.63, 3.8) is 0 Å². The minimum Gasteiger partial charge on any atom is -0.494 e. The zero-order valence-corrected chi connectivity index (χ0v) is 16.6. The highest BCUT2D eigenvalue weighted by Crippen LogP contribution is 2.19. The zero-order chi connectivity index (χ0) is 19.8. The maximum Gasteiger partial charge on any atom is 0.260 e. The molecule has 0 saturated carbocycles. The fraction of sp³-hybridized carbons (Fsp3) is 0.619. The van der Waals surface area contributed by atoms with Crippen LogP contribution in [0.4, 0.5) is 0 Å². The summed E-state index contributed by atoms with van der Waals surface area (Å²) >= 11 is 0. The highest BCUT2D eigenvalue weighted by Gasteiger charge is 2.26. The maximum atomic E-state index is 12.5. The molecule has 28 heavy (non-hydrogen) atoms. The second-order valence-electron chi connectivity index (χ2n) is 7.44. The Morgan fingerprint density at radius 2 is 1.89 bits per heavy atom. The van der Waals surface area contributed by atoms with Crippen LogP contribution in [-0.2, 0) is 9.59 Å². The Balaban J connectivity index is 1.40. The van der Waals surface area contributed by atoms with Crippen molar-refractivity contribution in [3.05, 3.63) is 24.3 Å². The molecular formula is C21H31N3O4. The largest absolute Gasteiger partial charge is 0.494 e. The SMILES string of the molecule is CCOc1ccc(OCC(=O)N2CCCC(CNC(=O)C3CCCN3)C2)cc1. The van der Waals surface area contributed by atoms with Gasteiger partial charge in [0, 0.05) is 19.6 Å². The van der Waals surface area contributed by atoms with Gasteiger partial charge in [0.15, 0.2) is 6.61 Å². The molecule has 2 aliphatic rings. The van der Waals surface area contributed by atoms with Gasteiger partial charge in [-0.1, -0.05) is 0 Å². The third-order valence-corrected chi connectivity index (χ3v) is 5.31. The van der Waals surface area contributed by atoms with E-state index in [1.54, 1.807) is 0 Å². The molecule has 7 nitrogen and oxygen atoms in total. The van der Waals surface area contributed by atoms with E-state index >= 15 is 0 Å². The average Bonchev–Trinajstić information content (AvgIpc) is 3.27. The molecule has 3 rings (SSSR count). The van der Waals surface area contributed by atoms with Crippen molar-refractivity contribution in [2.75, 3.05) is 39.4 Å². The summed E-state index contributed by atoms with van der Waals surface area (Å²) in [7, 11) is 0. The van der Waals surface area contributed by atoms with Gasteiger partial charge < -0.3 is 25.0 Å². The highest BCUT2D eigenvalue weighted by molar-refractivity contribution is 5.82. The number of hydrogen-bond donors (Lipinski definition) is 2. The Morgan fingerprint density at radius 3 is 2.57 bits per heavy atom. The van der Waals surface area contributed by atoms with Crippen molar-refractivity contribution in [1.29, 1.82) is 0 Å². The van der Waals surface area contributed by atoms with Gasteiger partial charge in [-0.2, -0.15) is 0 Å². The first kappa shape index (κ1) is 20.5. The fourth-order valence-electron chi connectivity index (χ4n) is 3.77. The summed E-state index contributed by atoms with van der Waals surface area (Å²) in [6.07, 6.45) is 3.95. The number of carbonyl (C=O) groups is 2. The van der Waals surface area contributed by atoms with Gasteiger partial charge >= 0.3 is 0 Å². The zero-order valence-electron chi connectivity index (χ0n) is 16.6. The topological polar surface area (TPSA) is 79.9 Å². The molecule has 2 fully saturated rings. The molecule has 0 aliphatic carbocycles. The minimum atomic E-state index is -0.0520. The molecule has 7 heteroatoms. The van der Waals surface area contributed by atoms with Gasteiger partial charge in [-0.3, -0.25) is 9.59 Å². The number of likely N-dealkylation sites (tertiary alicyclic amines) is 1. The number of nitrogens with one attached hydrogen (secondary N) is 2. The smallest absolute Gasteiger partial charge is 0.260 e. The van der Waals surface area contributed by atoms with E-state index < -0.39 is 0 Å². The highest BCUT2D eigenvalue weighted by atomic mass is 16.5. The van der Waals surface area contributed by atoms with E-state index in [1.807, 2.05) is 36.1 Å². The van der Waals surface area contributed by atoms with Gasteiger partial charge in [0.05, 0.1) is 12.6 Å². The quantitative estimate of drug-likeness (QED) is 0.706. The fourth-order valence-corrected chi connectivity index (χ4v) is 3.77. The second-order valence-corrected chi connectivity index (χ2v) is 7.44. The molecule has 2 aliphatic heterocycles. The Labute approximate surface area is 166 Å². The lowest BCUT2D eigenvalue weighted by Gasteiger charge is -2.33. The van der Waals surface area contributed by atoms with Crippen LogP contribution in [0.15, 0.2) is 24.3 Å². The van der Waals surface area contributed by atoms with Gasteiger partial charge in [-0.25, -0.2) is 0 Å². The molecule has 2 N–H and O–H groups in total. The molecule has 2 unspecified atom stereocenters. The molecule has 2 amide bonds. The summed E-state index contributed by atoms with van der Waals surface area (Å²) in [5.74, 6) is 1.81. The van der Waals surface area contributed by atoms with E-state index in [0.29, 0.717) is 31.4 Å². The van der Waals surface area contributed by atoms with E-state index in [9.17, 15) is 9.59 Å². The lowest BCUT2D eigenvalue weighted by atomic mass is 9.97. The molecule has 0 bridgehead atoms. The van der Waals surface area contributed by atoms with E-state index in [-0.39, 0.29) is 24.5 Å². The van der Waals surface area contributed by atoms with Crippen molar-refractivity contribution >= 4 is 11.8 Å². The van der Waals surface area contributed by atoms with Crippen molar-refractivity contribution < 1.29 is 19.1 Å². The predicted molar refractivity (Wildman–Crippen MR) is 106 cm³/mol. The molecule has 0 aromatic heterocycles.